The molecule has 0 aliphatic rings. The highest BCUT2D eigenvalue weighted by Gasteiger charge is 2.08. The summed E-state index contributed by atoms with van der Waals surface area (Å²) in [5, 5.41) is 3.63. The molecule has 0 aliphatic carbocycles. The zero-order valence-electron chi connectivity index (χ0n) is 12.9. The molecule has 1 unspecified atom stereocenters. The highest BCUT2D eigenvalue weighted by atomic mass is 15.1. The van der Waals surface area contributed by atoms with Crippen LogP contribution in [0.1, 0.15) is 59.3 Å². The third-order valence-corrected chi connectivity index (χ3v) is 3.64. The lowest BCUT2D eigenvalue weighted by Crippen LogP contribution is -2.34. The minimum Gasteiger partial charge on any atom is -0.314 e. The number of rotatable bonds is 13. The topological polar surface area (TPSA) is 15.3 Å². The van der Waals surface area contributed by atoms with Gasteiger partial charge in [-0.25, -0.2) is 0 Å². The smallest absolute Gasteiger partial charge is 0.00791 e. The maximum atomic E-state index is 3.77. The summed E-state index contributed by atoms with van der Waals surface area (Å²) in [6, 6.07) is 0.708. The van der Waals surface area contributed by atoms with E-state index >= 15 is 0 Å². The predicted octanol–water partition coefficient (Wildman–Crippen LogP) is 3.83. The first-order valence-electron chi connectivity index (χ1n) is 7.85. The Morgan fingerprint density at radius 1 is 1.06 bits per heavy atom. The van der Waals surface area contributed by atoms with Crippen molar-refractivity contribution >= 4 is 0 Å². The average Bonchev–Trinajstić information content (AvgIpc) is 2.39. The summed E-state index contributed by atoms with van der Waals surface area (Å²) in [7, 11) is 0. The zero-order valence-corrected chi connectivity index (χ0v) is 12.9. The van der Waals surface area contributed by atoms with Crippen molar-refractivity contribution in [2.24, 2.45) is 0 Å². The maximum absolute atomic E-state index is 3.77. The van der Waals surface area contributed by atoms with Crippen LogP contribution in [0.4, 0.5) is 0 Å². The molecule has 0 amide bonds. The van der Waals surface area contributed by atoms with Crippen LogP contribution in [0.2, 0.25) is 0 Å². The second-order valence-corrected chi connectivity index (χ2v) is 5.00. The lowest BCUT2D eigenvalue weighted by atomic mass is 10.0. The highest BCUT2D eigenvalue weighted by molar-refractivity contribution is 4.70. The molecule has 0 spiro atoms. The van der Waals surface area contributed by atoms with Gasteiger partial charge in [0.15, 0.2) is 0 Å². The summed E-state index contributed by atoms with van der Waals surface area (Å²) in [4.78, 5) is 2.52. The summed E-state index contributed by atoms with van der Waals surface area (Å²) in [6.07, 6.45) is 9.82. The van der Waals surface area contributed by atoms with Crippen molar-refractivity contribution in [3.63, 3.8) is 0 Å². The molecule has 1 atom stereocenters. The van der Waals surface area contributed by atoms with E-state index < -0.39 is 0 Å². The Morgan fingerprint density at radius 3 is 2.33 bits per heavy atom. The van der Waals surface area contributed by atoms with Crippen LogP contribution < -0.4 is 5.32 Å². The minimum atomic E-state index is 0.708. The van der Waals surface area contributed by atoms with Gasteiger partial charge in [-0.05, 0) is 51.9 Å². The van der Waals surface area contributed by atoms with E-state index in [4.69, 9.17) is 0 Å². The molecule has 0 aromatic carbocycles. The van der Waals surface area contributed by atoms with Gasteiger partial charge >= 0.3 is 0 Å². The Labute approximate surface area is 115 Å². The van der Waals surface area contributed by atoms with Gasteiger partial charge in [-0.2, -0.15) is 0 Å². The number of hydrogen-bond acceptors (Lipinski definition) is 2. The second-order valence-electron chi connectivity index (χ2n) is 5.00. The first-order chi connectivity index (χ1) is 8.78. The Bertz CT molecular complexity index is 176. The van der Waals surface area contributed by atoms with Crippen molar-refractivity contribution in [2.75, 3.05) is 26.2 Å². The van der Waals surface area contributed by atoms with E-state index in [1.54, 1.807) is 0 Å². The molecule has 0 bridgehead atoms. The molecule has 0 saturated heterocycles. The van der Waals surface area contributed by atoms with Crippen LogP contribution in [0.5, 0.6) is 0 Å². The molecule has 0 fully saturated rings. The normalized spacial score (nSPS) is 12.9. The van der Waals surface area contributed by atoms with Gasteiger partial charge < -0.3 is 10.2 Å². The van der Waals surface area contributed by atoms with E-state index in [0.717, 1.165) is 6.54 Å². The van der Waals surface area contributed by atoms with Crippen molar-refractivity contribution in [1.82, 2.24) is 10.2 Å². The fraction of sp³-hybridized carbons (Fsp3) is 0.875. The van der Waals surface area contributed by atoms with Crippen LogP contribution in [0.15, 0.2) is 12.7 Å². The van der Waals surface area contributed by atoms with Gasteiger partial charge in [0.05, 0.1) is 0 Å². The van der Waals surface area contributed by atoms with E-state index in [1.165, 1.54) is 58.2 Å². The van der Waals surface area contributed by atoms with Crippen molar-refractivity contribution < 1.29 is 0 Å². The first kappa shape index (κ1) is 17.7. The van der Waals surface area contributed by atoms with Crippen LogP contribution in [-0.4, -0.2) is 37.1 Å². The zero-order chi connectivity index (χ0) is 13.6. The van der Waals surface area contributed by atoms with Crippen molar-refractivity contribution in [3.05, 3.63) is 12.7 Å². The van der Waals surface area contributed by atoms with E-state index in [2.05, 4.69) is 37.6 Å². The Balaban J connectivity index is 3.73. The van der Waals surface area contributed by atoms with Gasteiger partial charge in [0.25, 0.3) is 0 Å². The van der Waals surface area contributed by atoms with Gasteiger partial charge in [-0.3, -0.25) is 0 Å². The summed E-state index contributed by atoms with van der Waals surface area (Å²) in [5.74, 6) is 0. The second kappa shape index (κ2) is 13.1. The van der Waals surface area contributed by atoms with Gasteiger partial charge in [-0.15, -0.1) is 6.58 Å². The molecule has 0 rings (SSSR count). The van der Waals surface area contributed by atoms with E-state index in [-0.39, 0.29) is 0 Å². The lowest BCUT2D eigenvalue weighted by molar-refractivity contribution is 0.276. The molecule has 0 radical (unpaired) electrons. The molecule has 0 heterocycles. The van der Waals surface area contributed by atoms with E-state index in [9.17, 15) is 0 Å². The average molecular weight is 254 g/mol. The molecule has 1 N–H and O–H groups in total. The number of unbranched alkanes of at least 4 members (excludes halogenated alkanes) is 3. The van der Waals surface area contributed by atoms with E-state index in [1.807, 2.05) is 6.08 Å². The Kier molecular flexibility index (Phi) is 12.9. The highest BCUT2D eigenvalue weighted by Crippen LogP contribution is 2.09. The van der Waals surface area contributed by atoms with Crippen molar-refractivity contribution in [1.29, 1.82) is 0 Å². The summed E-state index contributed by atoms with van der Waals surface area (Å²) < 4.78 is 0. The van der Waals surface area contributed by atoms with Gasteiger partial charge in [0, 0.05) is 6.04 Å². The maximum Gasteiger partial charge on any atom is 0.00791 e. The molecule has 18 heavy (non-hydrogen) atoms. The monoisotopic (exact) mass is 254 g/mol. The van der Waals surface area contributed by atoms with Crippen LogP contribution in [0, 0.1) is 0 Å². The van der Waals surface area contributed by atoms with Crippen LogP contribution in [-0.2, 0) is 0 Å². The Hall–Kier alpha value is -0.340. The summed E-state index contributed by atoms with van der Waals surface area (Å²) in [5.41, 5.74) is 0. The SMILES string of the molecule is C=CCCCCCC(CCN(CC)CC)NCC. The molecule has 0 aromatic heterocycles. The van der Waals surface area contributed by atoms with Gasteiger partial charge in [0.2, 0.25) is 0 Å². The molecule has 108 valence electrons. The number of nitrogens with zero attached hydrogens (tertiary/aromatic N) is 1. The number of hydrogen-bond donors (Lipinski definition) is 1. The van der Waals surface area contributed by atoms with Gasteiger partial charge in [-0.1, -0.05) is 39.7 Å². The fourth-order valence-corrected chi connectivity index (χ4v) is 2.37. The number of nitrogens with one attached hydrogen (secondary N) is 1. The van der Waals surface area contributed by atoms with Crippen molar-refractivity contribution in [3.8, 4) is 0 Å². The molecule has 0 aliphatic heterocycles. The Morgan fingerprint density at radius 2 is 1.78 bits per heavy atom. The standard InChI is InChI=1S/C16H34N2/c1-5-9-10-11-12-13-16(17-6-2)14-15-18(7-3)8-4/h5,16-17H,1,6-15H2,2-4H3. The molecular formula is C16H34N2. The third kappa shape index (κ3) is 9.67. The molecule has 0 aromatic rings. The fourth-order valence-electron chi connectivity index (χ4n) is 2.37. The largest absolute Gasteiger partial charge is 0.314 e. The van der Waals surface area contributed by atoms with Crippen molar-refractivity contribution in [2.45, 2.75) is 65.3 Å². The quantitative estimate of drug-likeness (QED) is 0.397. The lowest BCUT2D eigenvalue weighted by Gasteiger charge is -2.23. The van der Waals surface area contributed by atoms with E-state index in [0.29, 0.717) is 6.04 Å². The molecular weight excluding hydrogens is 220 g/mol. The number of allylic oxidation sites excluding steroid dienone is 1. The minimum absolute atomic E-state index is 0.708. The summed E-state index contributed by atoms with van der Waals surface area (Å²) in [6.45, 7) is 15.2. The van der Waals surface area contributed by atoms with Crippen LogP contribution in [0.3, 0.4) is 0 Å². The van der Waals surface area contributed by atoms with Crippen LogP contribution >= 0.6 is 0 Å². The predicted molar refractivity (Wildman–Crippen MR) is 83.2 cm³/mol. The van der Waals surface area contributed by atoms with Crippen LogP contribution in [0.25, 0.3) is 0 Å². The summed E-state index contributed by atoms with van der Waals surface area (Å²) >= 11 is 0. The molecule has 2 nitrogen and oxygen atoms in total. The molecule has 0 saturated carbocycles. The molecule has 2 heteroatoms. The first-order valence-corrected chi connectivity index (χ1v) is 7.85. The third-order valence-electron chi connectivity index (χ3n) is 3.64. The van der Waals surface area contributed by atoms with Gasteiger partial charge in [0.1, 0.15) is 0 Å².